The Morgan fingerprint density at radius 2 is 2.32 bits per heavy atom. The minimum atomic E-state index is 0.461. The van der Waals surface area contributed by atoms with Crippen LogP contribution in [-0.2, 0) is 0 Å². The van der Waals surface area contributed by atoms with Crippen molar-refractivity contribution in [3.63, 3.8) is 0 Å². The van der Waals surface area contributed by atoms with Crippen LogP contribution in [0, 0.1) is 12.8 Å². The highest BCUT2D eigenvalue weighted by atomic mass is 32.1. The summed E-state index contributed by atoms with van der Waals surface area (Å²) in [5.41, 5.74) is 6.85. The van der Waals surface area contributed by atoms with Crippen molar-refractivity contribution >= 4 is 16.3 Å². The predicted molar refractivity (Wildman–Crippen MR) is 77.1 cm³/mol. The fraction of sp³-hybridized carbons (Fsp3) is 0.571. The number of nitrogens with two attached hydrogens (primary N) is 1. The van der Waals surface area contributed by atoms with Crippen LogP contribution in [0.15, 0.2) is 10.6 Å². The van der Waals surface area contributed by atoms with E-state index in [2.05, 4.69) is 17.1 Å². The van der Waals surface area contributed by atoms with Crippen molar-refractivity contribution in [2.45, 2.75) is 45.4 Å². The van der Waals surface area contributed by atoms with E-state index in [1.165, 1.54) is 30.6 Å². The zero-order valence-corrected chi connectivity index (χ0v) is 12.2. The van der Waals surface area contributed by atoms with E-state index in [1.807, 2.05) is 13.0 Å². The summed E-state index contributed by atoms with van der Waals surface area (Å²) < 4.78 is 5.39. The van der Waals surface area contributed by atoms with Gasteiger partial charge in [0, 0.05) is 10.8 Å². The number of rotatable bonds is 3. The van der Waals surface area contributed by atoms with Gasteiger partial charge in [0.05, 0.1) is 10.6 Å². The minimum Gasteiger partial charge on any atom is -0.390 e. The Hall–Kier alpha value is -1.36. The van der Waals surface area contributed by atoms with Gasteiger partial charge in [0.25, 0.3) is 5.89 Å². The van der Waals surface area contributed by atoms with E-state index in [0.717, 1.165) is 22.3 Å². The van der Waals surface area contributed by atoms with Crippen LogP contribution in [0.3, 0.4) is 0 Å². The lowest BCUT2D eigenvalue weighted by Gasteiger charge is -2.04. The van der Waals surface area contributed by atoms with E-state index in [4.69, 9.17) is 10.3 Å². The smallest absolute Gasteiger partial charge is 0.260 e. The first kappa shape index (κ1) is 12.7. The molecule has 0 spiro atoms. The van der Waals surface area contributed by atoms with Crippen molar-refractivity contribution < 1.29 is 4.52 Å². The fourth-order valence-electron chi connectivity index (χ4n) is 2.89. The number of nitrogens with zero attached hydrogens (tertiary/aromatic N) is 2. The fourth-order valence-corrected chi connectivity index (χ4v) is 3.67. The zero-order valence-electron chi connectivity index (χ0n) is 11.3. The molecule has 2 atom stereocenters. The average Bonchev–Trinajstić information content (AvgIpc) is 3.07. The topological polar surface area (TPSA) is 64.9 Å². The molecule has 2 unspecified atom stereocenters. The van der Waals surface area contributed by atoms with E-state index in [-0.39, 0.29) is 0 Å². The first-order valence-electron chi connectivity index (χ1n) is 6.87. The highest BCUT2D eigenvalue weighted by Gasteiger charge is 2.28. The molecular weight excluding hydrogens is 258 g/mol. The second-order valence-electron chi connectivity index (χ2n) is 5.38. The Bertz CT molecular complexity index is 575. The van der Waals surface area contributed by atoms with Gasteiger partial charge in [-0.3, -0.25) is 0 Å². The minimum absolute atomic E-state index is 0.461. The lowest BCUT2D eigenvalue weighted by molar-refractivity contribution is 0.414. The van der Waals surface area contributed by atoms with Gasteiger partial charge in [-0.05, 0) is 38.2 Å². The molecule has 4 nitrogen and oxygen atoms in total. The number of aryl methyl sites for hydroxylation is 1. The molecule has 2 aromatic rings. The van der Waals surface area contributed by atoms with E-state index < -0.39 is 0 Å². The summed E-state index contributed by atoms with van der Waals surface area (Å²) in [6, 6.07) is 2.01. The van der Waals surface area contributed by atoms with Gasteiger partial charge in [-0.1, -0.05) is 18.5 Å². The van der Waals surface area contributed by atoms with E-state index in [0.29, 0.717) is 11.8 Å². The third kappa shape index (κ3) is 2.39. The Balaban J connectivity index is 1.82. The summed E-state index contributed by atoms with van der Waals surface area (Å²) in [4.78, 5) is 5.72. The molecule has 3 rings (SSSR count). The van der Waals surface area contributed by atoms with Crippen LogP contribution in [0.25, 0.3) is 11.5 Å². The molecule has 0 amide bonds. The molecule has 19 heavy (non-hydrogen) atoms. The molecular formula is C14H19N3OS. The van der Waals surface area contributed by atoms with Gasteiger partial charge < -0.3 is 10.3 Å². The van der Waals surface area contributed by atoms with Crippen LogP contribution in [0.5, 0.6) is 0 Å². The number of thiophene rings is 1. The van der Waals surface area contributed by atoms with Crippen molar-refractivity contribution in [3.05, 3.63) is 16.8 Å². The van der Waals surface area contributed by atoms with Gasteiger partial charge in [-0.2, -0.15) is 4.98 Å². The van der Waals surface area contributed by atoms with Crippen molar-refractivity contribution in [3.8, 4) is 11.5 Å². The average molecular weight is 277 g/mol. The third-order valence-corrected chi connectivity index (χ3v) is 4.92. The zero-order chi connectivity index (χ0) is 13.4. The maximum absolute atomic E-state index is 5.97. The summed E-state index contributed by atoms with van der Waals surface area (Å²) in [5, 5.41) is 4.91. The molecule has 1 aliphatic rings. The van der Waals surface area contributed by atoms with Gasteiger partial charge in [-0.25, -0.2) is 0 Å². The third-order valence-electron chi connectivity index (χ3n) is 4.04. The van der Waals surface area contributed by atoms with Gasteiger partial charge in [0.2, 0.25) is 0 Å². The maximum Gasteiger partial charge on any atom is 0.260 e. The molecule has 5 heteroatoms. The molecule has 0 saturated heterocycles. The number of nitrogen functional groups attached to an aromatic ring is 1. The Kier molecular flexibility index (Phi) is 3.31. The molecule has 1 saturated carbocycles. The monoisotopic (exact) mass is 277 g/mol. The summed E-state index contributed by atoms with van der Waals surface area (Å²) >= 11 is 1.56. The van der Waals surface area contributed by atoms with Crippen LogP contribution in [0.1, 0.15) is 49.2 Å². The van der Waals surface area contributed by atoms with Gasteiger partial charge in [-0.15, -0.1) is 11.3 Å². The molecule has 2 heterocycles. The highest BCUT2D eigenvalue weighted by Crippen LogP contribution is 2.39. The Labute approximate surface area is 117 Å². The highest BCUT2D eigenvalue weighted by molar-refractivity contribution is 7.16. The molecule has 2 N–H and O–H groups in total. The van der Waals surface area contributed by atoms with Gasteiger partial charge >= 0.3 is 0 Å². The summed E-state index contributed by atoms with van der Waals surface area (Å²) in [5.74, 6) is 2.70. The predicted octanol–water partition coefficient (Wildman–Crippen LogP) is 3.98. The van der Waals surface area contributed by atoms with Crippen molar-refractivity contribution in [1.82, 2.24) is 10.1 Å². The quantitative estimate of drug-likeness (QED) is 0.921. The van der Waals surface area contributed by atoms with E-state index in [9.17, 15) is 0 Å². The van der Waals surface area contributed by atoms with Gasteiger partial charge in [0.15, 0.2) is 5.82 Å². The Morgan fingerprint density at radius 1 is 1.47 bits per heavy atom. The van der Waals surface area contributed by atoms with Crippen LogP contribution in [0.4, 0.5) is 5.00 Å². The standard InChI is InChI=1S/C14H19N3OS/c1-3-9-4-5-10(7-9)13-16-14(18-17-13)11-6-8(2)19-12(11)15/h6,9-10H,3-5,7,15H2,1-2H3. The number of anilines is 1. The molecule has 0 bridgehead atoms. The SMILES string of the molecule is CCC1CCC(c2noc(-c3cc(C)sc3N)n2)C1. The van der Waals surface area contributed by atoms with Crippen molar-refractivity contribution in [2.24, 2.45) is 5.92 Å². The molecule has 1 fully saturated rings. The van der Waals surface area contributed by atoms with Crippen LogP contribution < -0.4 is 5.73 Å². The summed E-state index contributed by atoms with van der Waals surface area (Å²) in [6.45, 7) is 4.29. The van der Waals surface area contributed by atoms with Crippen molar-refractivity contribution in [1.29, 1.82) is 0 Å². The van der Waals surface area contributed by atoms with Gasteiger partial charge in [0.1, 0.15) is 0 Å². The van der Waals surface area contributed by atoms with Crippen LogP contribution >= 0.6 is 11.3 Å². The largest absolute Gasteiger partial charge is 0.390 e. The number of hydrogen-bond acceptors (Lipinski definition) is 5. The lowest BCUT2D eigenvalue weighted by atomic mass is 10.0. The maximum atomic E-state index is 5.97. The number of aromatic nitrogens is 2. The molecule has 0 aliphatic heterocycles. The second kappa shape index (κ2) is 4.96. The first-order valence-corrected chi connectivity index (χ1v) is 7.69. The van der Waals surface area contributed by atoms with Crippen LogP contribution in [-0.4, -0.2) is 10.1 Å². The summed E-state index contributed by atoms with van der Waals surface area (Å²) in [7, 11) is 0. The molecule has 2 aromatic heterocycles. The molecule has 1 aliphatic carbocycles. The first-order chi connectivity index (χ1) is 9.17. The summed E-state index contributed by atoms with van der Waals surface area (Å²) in [6.07, 6.45) is 4.89. The second-order valence-corrected chi connectivity index (χ2v) is 6.66. The Morgan fingerprint density at radius 3 is 2.95 bits per heavy atom. The lowest BCUT2D eigenvalue weighted by Crippen LogP contribution is -1.97. The van der Waals surface area contributed by atoms with Crippen LogP contribution in [0.2, 0.25) is 0 Å². The number of hydrogen-bond donors (Lipinski definition) is 1. The normalized spacial score (nSPS) is 23.1. The molecule has 0 radical (unpaired) electrons. The molecule has 0 aromatic carbocycles. The molecule has 102 valence electrons. The van der Waals surface area contributed by atoms with Crippen molar-refractivity contribution in [2.75, 3.05) is 5.73 Å². The van der Waals surface area contributed by atoms with E-state index in [1.54, 1.807) is 11.3 Å². The van der Waals surface area contributed by atoms with E-state index >= 15 is 0 Å².